The zero-order chi connectivity index (χ0) is 16.9. The molecule has 3 heterocycles. The summed E-state index contributed by atoms with van der Waals surface area (Å²) in [5, 5.41) is 7.47. The van der Waals surface area contributed by atoms with Gasteiger partial charge in [-0.2, -0.15) is 5.10 Å². The van der Waals surface area contributed by atoms with Crippen molar-refractivity contribution in [2.24, 2.45) is 0 Å². The summed E-state index contributed by atoms with van der Waals surface area (Å²) in [5.74, 6) is -0.0740. The molecule has 2 aliphatic rings. The van der Waals surface area contributed by atoms with Crippen molar-refractivity contribution < 1.29 is 9.53 Å². The van der Waals surface area contributed by atoms with Crippen molar-refractivity contribution in [2.75, 3.05) is 46.9 Å². The summed E-state index contributed by atoms with van der Waals surface area (Å²) in [5.41, 5.74) is 1.69. The van der Waals surface area contributed by atoms with Crippen molar-refractivity contribution in [3.63, 3.8) is 0 Å². The van der Waals surface area contributed by atoms with E-state index in [2.05, 4.69) is 20.2 Å². The molecule has 0 unspecified atom stereocenters. The number of hydrogen-bond acceptors (Lipinski definition) is 5. The van der Waals surface area contributed by atoms with E-state index in [4.69, 9.17) is 4.74 Å². The van der Waals surface area contributed by atoms with Crippen LogP contribution in [0.4, 0.5) is 0 Å². The van der Waals surface area contributed by atoms with E-state index in [0.717, 1.165) is 64.3 Å². The van der Waals surface area contributed by atoms with Crippen LogP contribution in [0.1, 0.15) is 35.4 Å². The number of amides is 1. The second kappa shape index (κ2) is 8.09. The quantitative estimate of drug-likeness (QED) is 0.852. The number of fused-ring (bicyclic) bond motifs is 1. The normalized spacial score (nSPS) is 20.0. The maximum absolute atomic E-state index is 12.3. The molecular weight excluding hydrogens is 306 g/mol. The first-order chi connectivity index (χ1) is 11.6. The Morgan fingerprint density at radius 2 is 2.17 bits per heavy atom. The van der Waals surface area contributed by atoms with Gasteiger partial charge in [-0.25, -0.2) is 0 Å². The van der Waals surface area contributed by atoms with Crippen molar-refractivity contribution in [3.8, 4) is 0 Å². The largest absolute Gasteiger partial charge is 0.381 e. The maximum Gasteiger partial charge on any atom is 0.271 e. The van der Waals surface area contributed by atoms with E-state index in [0.29, 0.717) is 18.3 Å². The van der Waals surface area contributed by atoms with E-state index in [1.807, 2.05) is 24.8 Å². The van der Waals surface area contributed by atoms with Crippen molar-refractivity contribution in [1.29, 1.82) is 0 Å². The number of nitrogens with zero attached hydrogens (tertiary/aromatic N) is 4. The SMILES string of the molecule is CN(C)CCNC(=O)c1cc2n(n1)CCCN(C1CCOCC1)C2. The average Bonchev–Trinajstić information content (AvgIpc) is 2.87. The molecule has 134 valence electrons. The summed E-state index contributed by atoms with van der Waals surface area (Å²) >= 11 is 0. The fraction of sp³-hybridized carbons (Fsp3) is 0.765. The zero-order valence-corrected chi connectivity index (χ0v) is 14.8. The summed E-state index contributed by atoms with van der Waals surface area (Å²) in [6.07, 6.45) is 3.28. The highest BCUT2D eigenvalue weighted by molar-refractivity contribution is 5.92. The Hall–Kier alpha value is -1.44. The smallest absolute Gasteiger partial charge is 0.271 e. The molecule has 0 atom stereocenters. The van der Waals surface area contributed by atoms with Crippen LogP contribution in [0, 0.1) is 0 Å². The summed E-state index contributed by atoms with van der Waals surface area (Å²) in [6.45, 7) is 6.06. The lowest BCUT2D eigenvalue weighted by atomic mass is 10.1. The second-order valence-electron chi connectivity index (χ2n) is 6.97. The highest BCUT2D eigenvalue weighted by Gasteiger charge is 2.25. The van der Waals surface area contributed by atoms with Crippen molar-refractivity contribution in [1.82, 2.24) is 24.9 Å². The highest BCUT2D eigenvalue weighted by Crippen LogP contribution is 2.21. The molecular formula is C17H29N5O2. The third-order valence-corrected chi connectivity index (χ3v) is 4.83. The summed E-state index contributed by atoms with van der Waals surface area (Å²) in [6, 6.07) is 2.56. The van der Waals surface area contributed by atoms with Crippen LogP contribution in [-0.4, -0.2) is 78.5 Å². The van der Waals surface area contributed by atoms with E-state index in [1.165, 1.54) is 0 Å². The molecule has 0 radical (unpaired) electrons. The molecule has 0 aromatic carbocycles. The lowest BCUT2D eigenvalue weighted by Crippen LogP contribution is -2.39. The number of aromatic nitrogens is 2. The van der Waals surface area contributed by atoms with Crippen LogP contribution in [-0.2, 0) is 17.8 Å². The molecule has 1 aromatic heterocycles. The maximum atomic E-state index is 12.3. The topological polar surface area (TPSA) is 62.6 Å². The average molecular weight is 335 g/mol. The minimum absolute atomic E-state index is 0.0740. The van der Waals surface area contributed by atoms with Gasteiger partial charge in [0.1, 0.15) is 5.69 Å². The minimum atomic E-state index is -0.0740. The second-order valence-corrected chi connectivity index (χ2v) is 6.97. The van der Waals surface area contributed by atoms with Crippen LogP contribution in [0.5, 0.6) is 0 Å². The summed E-state index contributed by atoms with van der Waals surface area (Å²) in [7, 11) is 3.99. The molecule has 1 aromatic rings. The number of aryl methyl sites for hydroxylation is 1. The molecule has 1 fully saturated rings. The molecule has 0 aliphatic carbocycles. The van der Waals surface area contributed by atoms with Crippen LogP contribution in [0.25, 0.3) is 0 Å². The molecule has 0 saturated carbocycles. The molecule has 1 N–H and O–H groups in total. The van der Waals surface area contributed by atoms with Gasteiger partial charge in [-0.1, -0.05) is 0 Å². The van der Waals surface area contributed by atoms with Gasteiger partial charge in [0.05, 0.1) is 5.69 Å². The summed E-state index contributed by atoms with van der Waals surface area (Å²) in [4.78, 5) is 16.9. The Kier molecular flexibility index (Phi) is 5.86. The van der Waals surface area contributed by atoms with Gasteiger partial charge in [0.25, 0.3) is 5.91 Å². The number of rotatable bonds is 5. The molecule has 2 aliphatic heterocycles. The number of hydrogen-bond donors (Lipinski definition) is 1. The van der Waals surface area contributed by atoms with Gasteiger partial charge in [0.2, 0.25) is 0 Å². The third-order valence-electron chi connectivity index (χ3n) is 4.83. The molecule has 1 saturated heterocycles. The van der Waals surface area contributed by atoms with Crippen molar-refractivity contribution in [3.05, 3.63) is 17.5 Å². The Bertz CT molecular complexity index is 551. The van der Waals surface area contributed by atoms with Crippen LogP contribution >= 0.6 is 0 Å². The van der Waals surface area contributed by atoms with E-state index < -0.39 is 0 Å². The Morgan fingerprint density at radius 1 is 1.38 bits per heavy atom. The lowest BCUT2D eigenvalue weighted by Gasteiger charge is -2.33. The molecule has 7 heteroatoms. The molecule has 0 bridgehead atoms. The van der Waals surface area contributed by atoms with Gasteiger partial charge in [-0.05, 0) is 39.4 Å². The fourth-order valence-electron chi connectivity index (χ4n) is 3.44. The Labute approximate surface area is 143 Å². The van der Waals surface area contributed by atoms with E-state index in [9.17, 15) is 4.79 Å². The minimum Gasteiger partial charge on any atom is -0.381 e. The van der Waals surface area contributed by atoms with Gasteiger partial charge in [-0.15, -0.1) is 0 Å². The van der Waals surface area contributed by atoms with Gasteiger partial charge in [0.15, 0.2) is 0 Å². The predicted molar refractivity (Wildman–Crippen MR) is 92.0 cm³/mol. The van der Waals surface area contributed by atoms with Crippen LogP contribution in [0.3, 0.4) is 0 Å². The number of ether oxygens (including phenoxy) is 1. The third kappa shape index (κ3) is 4.34. The van der Waals surface area contributed by atoms with E-state index >= 15 is 0 Å². The first-order valence-corrected chi connectivity index (χ1v) is 8.95. The standard InChI is InChI=1S/C17H29N5O2/c1-20(2)9-6-18-17(23)16-12-15-13-21(7-3-8-22(15)19-16)14-4-10-24-11-5-14/h12,14H,3-11,13H2,1-2H3,(H,18,23). The van der Waals surface area contributed by atoms with E-state index in [1.54, 1.807) is 0 Å². The van der Waals surface area contributed by atoms with Gasteiger partial charge in [-0.3, -0.25) is 14.4 Å². The van der Waals surface area contributed by atoms with Crippen LogP contribution in [0.2, 0.25) is 0 Å². The number of likely N-dealkylation sites (N-methyl/N-ethyl adjacent to an activating group) is 1. The number of carbonyl (C=O) groups is 1. The van der Waals surface area contributed by atoms with Gasteiger partial charge < -0.3 is 15.0 Å². The van der Waals surface area contributed by atoms with Crippen LogP contribution in [0.15, 0.2) is 6.07 Å². The first kappa shape index (κ1) is 17.4. The van der Waals surface area contributed by atoms with E-state index in [-0.39, 0.29) is 5.91 Å². The Morgan fingerprint density at radius 3 is 2.92 bits per heavy atom. The van der Waals surface area contributed by atoms with Crippen LogP contribution < -0.4 is 5.32 Å². The zero-order valence-electron chi connectivity index (χ0n) is 14.8. The highest BCUT2D eigenvalue weighted by atomic mass is 16.5. The monoisotopic (exact) mass is 335 g/mol. The van der Waals surface area contributed by atoms with Gasteiger partial charge in [0, 0.05) is 52.0 Å². The predicted octanol–water partition coefficient (Wildman–Crippen LogP) is 0.559. The Balaban J connectivity index is 1.62. The fourth-order valence-corrected chi connectivity index (χ4v) is 3.44. The van der Waals surface area contributed by atoms with Crippen molar-refractivity contribution >= 4 is 5.91 Å². The van der Waals surface area contributed by atoms with Gasteiger partial charge >= 0.3 is 0 Å². The molecule has 3 rings (SSSR count). The molecule has 7 nitrogen and oxygen atoms in total. The molecule has 1 amide bonds. The summed E-state index contributed by atoms with van der Waals surface area (Å²) < 4.78 is 7.49. The molecule has 0 spiro atoms. The number of nitrogens with one attached hydrogen (secondary N) is 1. The van der Waals surface area contributed by atoms with Crippen molar-refractivity contribution in [2.45, 2.75) is 38.4 Å². The molecule has 24 heavy (non-hydrogen) atoms. The first-order valence-electron chi connectivity index (χ1n) is 8.95. The number of carbonyl (C=O) groups excluding carboxylic acids is 1. The lowest BCUT2D eigenvalue weighted by molar-refractivity contribution is 0.0315.